The Bertz CT molecular complexity index is 167. The minimum absolute atomic E-state index is 0.236. The van der Waals surface area contributed by atoms with Gasteiger partial charge in [-0.05, 0) is 39.3 Å². The fourth-order valence-corrected chi connectivity index (χ4v) is 2.08. The van der Waals surface area contributed by atoms with Gasteiger partial charge in [-0.3, -0.25) is 9.69 Å². The third-order valence-corrected chi connectivity index (χ3v) is 2.88. The van der Waals surface area contributed by atoms with Crippen molar-refractivity contribution in [3.8, 4) is 0 Å². The highest BCUT2D eigenvalue weighted by Crippen LogP contribution is 2.17. The molecule has 1 fully saturated rings. The summed E-state index contributed by atoms with van der Waals surface area (Å²) < 4.78 is 0. The van der Waals surface area contributed by atoms with E-state index in [-0.39, 0.29) is 6.04 Å². The number of piperidine rings is 1. The van der Waals surface area contributed by atoms with Crippen molar-refractivity contribution in [2.45, 2.75) is 52.0 Å². The van der Waals surface area contributed by atoms with Gasteiger partial charge in [0.2, 0.25) is 0 Å². The van der Waals surface area contributed by atoms with Crippen molar-refractivity contribution in [1.29, 1.82) is 0 Å². The summed E-state index contributed by atoms with van der Waals surface area (Å²) in [5, 5.41) is 0. The third kappa shape index (κ3) is 3.11. The average molecular weight is 183 g/mol. The normalized spacial score (nSPS) is 24.6. The standard InChI is InChI=1S/C11H21NO/c1-3-4-8-12-9-6-5-7-11(12)10(2)13/h11H,3-9H2,1-2H3. The fourth-order valence-electron chi connectivity index (χ4n) is 2.08. The van der Waals surface area contributed by atoms with Gasteiger partial charge in [-0.1, -0.05) is 19.8 Å². The summed E-state index contributed by atoms with van der Waals surface area (Å²) in [7, 11) is 0. The summed E-state index contributed by atoms with van der Waals surface area (Å²) >= 11 is 0. The zero-order chi connectivity index (χ0) is 9.68. The summed E-state index contributed by atoms with van der Waals surface area (Å²) in [6.45, 7) is 6.17. The second-order valence-corrected chi connectivity index (χ2v) is 4.01. The number of hydrogen-bond donors (Lipinski definition) is 0. The third-order valence-electron chi connectivity index (χ3n) is 2.88. The first kappa shape index (κ1) is 10.7. The second-order valence-electron chi connectivity index (χ2n) is 4.01. The first-order chi connectivity index (χ1) is 6.25. The van der Waals surface area contributed by atoms with E-state index >= 15 is 0 Å². The second kappa shape index (κ2) is 5.38. The molecule has 2 heteroatoms. The van der Waals surface area contributed by atoms with Gasteiger partial charge in [0.25, 0.3) is 0 Å². The van der Waals surface area contributed by atoms with Crippen LogP contribution in [0.2, 0.25) is 0 Å². The number of rotatable bonds is 4. The van der Waals surface area contributed by atoms with Crippen LogP contribution in [0.1, 0.15) is 46.0 Å². The van der Waals surface area contributed by atoms with Crippen molar-refractivity contribution in [1.82, 2.24) is 4.90 Å². The number of nitrogens with zero attached hydrogens (tertiary/aromatic N) is 1. The predicted octanol–water partition coefficient (Wildman–Crippen LogP) is 2.23. The minimum atomic E-state index is 0.236. The molecule has 0 N–H and O–H groups in total. The van der Waals surface area contributed by atoms with Crippen LogP contribution in [0.4, 0.5) is 0 Å². The van der Waals surface area contributed by atoms with E-state index in [1.807, 2.05) is 0 Å². The summed E-state index contributed by atoms with van der Waals surface area (Å²) in [6, 6.07) is 0.236. The molecule has 0 radical (unpaired) electrons. The van der Waals surface area contributed by atoms with Gasteiger partial charge in [-0.15, -0.1) is 0 Å². The highest BCUT2D eigenvalue weighted by atomic mass is 16.1. The molecule has 0 amide bonds. The number of carbonyl (C=O) groups excluding carboxylic acids is 1. The Kier molecular flexibility index (Phi) is 4.43. The lowest BCUT2D eigenvalue weighted by molar-refractivity contribution is -0.123. The van der Waals surface area contributed by atoms with Crippen LogP contribution in [0.25, 0.3) is 0 Å². The van der Waals surface area contributed by atoms with E-state index in [0.29, 0.717) is 5.78 Å². The topological polar surface area (TPSA) is 20.3 Å². The van der Waals surface area contributed by atoms with Gasteiger partial charge < -0.3 is 0 Å². The van der Waals surface area contributed by atoms with Crippen molar-refractivity contribution >= 4 is 5.78 Å². The molecule has 1 aliphatic heterocycles. The Morgan fingerprint density at radius 2 is 2.23 bits per heavy atom. The zero-order valence-corrected chi connectivity index (χ0v) is 8.88. The van der Waals surface area contributed by atoms with Crippen molar-refractivity contribution in [3.63, 3.8) is 0 Å². The van der Waals surface area contributed by atoms with E-state index in [1.165, 1.54) is 25.7 Å². The van der Waals surface area contributed by atoms with Gasteiger partial charge in [0.1, 0.15) is 5.78 Å². The lowest BCUT2D eigenvalue weighted by Crippen LogP contribution is -2.44. The molecule has 13 heavy (non-hydrogen) atoms. The van der Waals surface area contributed by atoms with Gasteiger partial charge in [0, 0.05) is 0 Å². The molecule has 0 spiro atoms. The van der Waals surface area contributed by atoms with E-state index in [0.717, 1.165) is 19.5 Å². The van der Waals surface area contributed by atoms with Gasteiger partial charge in [0.15, 0.2) is 0 Å². The van der Waals surface area contributed by atoms with Crippen molar-refractivity contribution in [2.75, 3.05) is 13.1 Å². The van der Waals surface area contributed by atoms with Crippen LogP contribution in [-0.2, 0) is 4.79 Å². The van der Waals surface area contributed by atoms with Gasteiger partial charge in [-0.25, -0.2) is 0 Å². The van der Waals surface area contributed by atoms with E-state index in [1.54, 1.807) is 6.92 Å². The van der Waals surface area contributed by atoms with Crippen LogP contribution >= 0.6 is 0 Å². The Morgan fingerprint density at radius 1 is 1.46 bits per heavy atom. The monoisotopic (exact) mass is 183 g/mol. The van der Waals surface area contributed by atoms with E-state index in [2.05, 4.69) is 11.8 Å². The molecule has 1 aliphatic rings. The van der Waals surface area contributed by atoms with Crippen LogP contribution in [0, 0.1) is 0 Å². The van der Waals surface area contributed by atoms with Crippen LogP contribution in [0.15, 0.2) is 0 Å². The summed E-state index contributed by atoms with van der Waals surface area (Å²) in [6.07, 6.45) is 6.03. The Labute approximate surface area is 81.3 Å². The molecule has 1 atom stereocenters. The highest BCUT2D eigenvalue weighted by molar-refractivity contribution is 5.81. The van der Waals surface area contributed by atoms with Gasteiger partial charge in [-0.2, -0.15) is 0 Å². The molecule has 1 unspecified atom stereocenters. The molecule has 0 aromatic rings. The number of carbonyl (C=O) groups is 1. The molecule has 0 aromatic carbocycles. The van der Waals surface area contributed by atoms with Gasteiger partial charge >= 0.3 is 0 Å². The zero-order valence-electron chi connectivity index (χ0n) is 8.88. The average Bonchev–Trinajstić information content (AvgIpc) is 2.15. The molecule has 0 saturated carbocycles. The molecule has 2 nitrogen and oxygen atoms in total. The molecule has 0 aliphatic carbocycles. The highest BCUT2D eigenvalue weighted by Gasteiger charge is 2.24. The van der Waals surface area contributed by atoms with Crippen LogP contribution < -0.4 is 0 Å². The molecule has 1 saturated heterocycles. The van der Waals surface area contributed by atoms with E-state index in [9.17, 15) is 4.79 Å². The lowest BCUT2D eigenvalue weighted by Gasteiger charge is -2.33. The smallest absolute Gasteiger partial charge is 0.146 e. The van der Waals surface area contributed by atoms with Crippen molar-refractivity contribution in [2.24, 2.45) is 0 Å². The number of ketones is 1. The summed E-state index contributed by atoms with van der Waals surface area (Å²) in [4.78, 5) is 13.7. The fraction of sp³-hybridized carbons (Fsp3) is 0.909. The van der Waals surface area contributed by atoms with Crippen molar-refractivity contribution in [3.05, 3.63) is 0 Å². The van der Waals surface area contributed by atoms with Crippen LogP contribution in [-0.4, -0.2) is 29.8 Å². The maximum atomic E-state index is 11.3. The molecular formula is C11H21NO. The first-order valence-corrected chi connectivity index (χ1v) is 5.50. The van der Waals surface area contributed by atoms with Gasteiger partial charge in [0.05, 0.1) is 6.04 Å². The van der Waals surface area contributed by atoms with Crippen molar-refractivity contribution < 1.29 is 4.79 Å². The number of hydrogen-bond acceptors (Lipinski definition) is 2. The summed E-state index contributed by atoms with van der Waals surface area (Å²) in [5.41, 5.74) is 0. The predicted molar refractivity (Wildman–Crippen MR) is 54.8 cm³/mol. The molecule has 1 heterocycles. The lowest BCUT2D eigenvalue weighted by atomic mass is 9.99. The Balaban J connectivity index is 2.41. The number of unbranched alkanes of at least 4 members (excludes halogenated alkanes) is 1. The largest absolute Gasteiger partial charge is 0.298 e. The SMILES string of the molecule is CCCCN1CCCCC1C(C)=O. The van der Waals surface area contributed by atoms with E-state index in [4.69, 9.17) is 0 Å². The maximum absolute atomic E-state index is 11.3. The maximum Gasteiger partial charge on any atom is 0.146 e. The first-order valence-electron chi connectivity index (χ1n) is 5.50. The number of Topliss-reactive ketones (excluding diaryl/α,β-unsaturated/α-hetero) is 1. The Morgan fingerprint density at radius 3 is 2.85 bits per heavy atom. The Hall–Kier alpha value is -0.370. The number of likely N-dealkylation sites (tertiary alicyclic amines) is 1. The molecule has 0 bridgehead atoms. The quantitative estimate of drug-likeness (QED) is 0.666. The molecule has 76 valence electrons. The van der Waals surface area contributed by atoms with Crippen LogP contribution in [0.3, 0.4) is 0 Å². The molecule has 0 aromatic heterocycles. The minimum Gasteiger partial charge on any atom is -0.298 e. The van der Waals surface area contributed by atoms with Crippen LogP contribution in [0.5, 0.6) is 0 Å². The summed E-state index contributed by atoms with van der Waals surface area (Å²) in [5.74, 6) is 0.357. The van der Waals surface area contributed by atoms with E-state index < -0.39 is 0 Å². The molecular weight excluding hydrogens is 162 g/mol. The molecule has 1 rings (SSSR count).